The number of hydrogen-bond donors (Lipinski definition) is 0. The van der Waals surface area contributed by atoms with Gasteiger partial charge in [0.25, 0.3) is 5.91 Å². The molecule has 0 spiro atoms. The molecule has 0 unspecified atom stereocenters. The van der Waals surface area contributed by atoms with Gasteiger partial charge in [0.15, 0.2) is 6.61 Å². The molecule has 1 aromatic rings. The van der Waals surface area contributed by atoms with E-state index in [9.17, 15) is 31.6 Å². The molecule has 160 valence electrons. The van der Waals surface area contributed by atoms with Crippen LogP contribution in [0.2, 0.25) is 0 Å². The molecule has 1 aliphatic rings. The van der Waals surface area contributed by atoms with Gasteiger partial charge in [-0.25, -0.2) is 13.2 Å². The highest BCUT2D eigenvalue weighted by atomic mass is 32.2. The predicted molar refractivity (Wildman–Crippen MR) is 95.9 cm³/mol. The Bertz CT molecular complexity index is 847. The normalized spacial score (nSPS) is 15.2. The quantitative estimate of drug-likeness (QED) is 0.602. The predicted octanol–water partition coefficient (Wildman–Crippen LogP) is 1.64. The number of nitrogens with zero attached hydrogens (tertiary/aromatic N) is 1. The van der Waals surface area contributed by atoms with Gasteiger partial charge < -0.3 is 14.4 Å². The first-order chi connectivity index (χ1) is 13.7. The van der Waals surface area contributed by atoms with E-state index in [0.29, 0.717) is 32.5 Å². The number of amides is 1. The van der Waals surface area contributed by atoms with Gasteiger partial charge in [-0.2, -0.15) is 8.78 Å². The van der Waals surface area contributed by atoms with Gasteiger partial charge in [0.2, 0.25) is 9.84 Å². The van der Waals surface area contributed by atoms with Gasteiger partial charge in [0.1, 0.15) is 0 Å². The van der Waals surface area contributed by atoms with Crippen molar-refractivity contribution in [1.82, 2.24) is 4.90 Å². The summed E-state index contributed by atoms with van der Waals surface area (Å²) in [6.07, 6.45) is 0.914. The molecule has 0 radical (unpaired) electrons. The lowest BCUT2D eigenvalue weighted by molar-refractivity contribution is -0.151. The number of sulfone groups is 1. The second-order valence-electron chi connectivity index (χ2n) is 6.31. The maximum absolute atomic E-state index is 12.5. The van der Waals surface area contributed by atoms with E-state index in [-0.39, 0.29) is 17.5 Å². The third-order valence-electron chi connectivity index (χ3n) is 4.45. The molecule has 0 atom stereocenters. The number of piperidine rings is 1. The van der Waals surface area contributed by atoms with E-state index in [1.54, 1.807) is 6.92 Å². The molecule has 1 saturated heterocycles. The molecule has 0 N–H and O–H groups in total. The summed E-state index contributed by atoms with van der Waals surface area (Å²) in [5.41, 5.74) is -0.0768. The second kappa shape index (κ2) is 9.77. The van der Waals surface area contributed by atoms with Crippen LogP contribution in [0.15, 0.2) is 29.2 Å². The first kappa shape index (κ1) is 22.7. The number of alkyl halides is 2. The van der Waals surface area contributed by atoms with E-state index in [4.69, 9.17) is 9.47 Å². The zero-order chi connectivity index (χ0) is 21.6. The van der Waals surface area contributed by atoms with Crippen LogP contribution in [0, 0.1) is 5.92 Å². The molecule has 1 amide bonds. The zero-order valence-electron chi connectivity index (χ0n) is 15.7. The highest BCUT2D eigenvalue weighted by Crippen LogP contribution is 2.20. The fraction of sp³-hybridized carbons (Fsp3) is 0.500. The minimum atomic E-state index is -4.75. The topological polar surface area (TPSA) is 107 Å². The van der Waals surface area contributed by atoms with Crippen LogP contribution >= 0.6 is 0 Å². The lowest BCUT2D eigenvalue weighted by Crippen LogP contribution is -2.42. The average Bonchev–Trinajstić information content (AvgIpc) is 2.72. The van der Waals surface area contributed by atoms with Crippen LogP contribution in [0.25, 0.3) is 0 Å². The highest BCUT2D eigenvalue weighted by Gasteiger charge is 2.29. The van der Waals surface area contributed by atoms with Gasteiger partial charge in [0.05, 0.1) is 23.0 Å². The first-order valence-electron chi connectivity index (χ1n) is 8.90. The van der Waals surface area contributed by atoms with Crippen LogP contribution in [0.1, 0.15) is 30.1 Å². The van der Waals surface area contributed by atoms with Crippen molar-refractivity contribution in [3.05, 3.63) is 29.8 Å². The Morgan fingerprint density at radius 2 is 1.69 bits per heavy atom. The molecular weight excluding hydrogens is 412 g/mol. The highest BCUT2D eigenvalue weighted by molar-refractivity contribution is 7.91. The summed E-state index contributed by atoms with van der Waals surface area (Å²) in [5.74, 6) is -5.43. The number of carbonyl (C=O) groups is 3. The van der Waals surface area contributed by atoms with Crippen molar-refractivity contribution >= 4 is 27.7 Å². The largest absolute Gasteiger partial charge is 0.466 e. The minimum absolute atomic E-state index is 0.0768. The number of esters is 2. The summed E-state index contributed by atoms with van der Waals surface area (Å²) < 4.78 is 57.6. The molecule has 1 fully saturated rings. The monoisotopic (exact) mass is 433 g/mol. The zero-order valence-corrected chi connectivity index (χ0v) is 16.5. The minimum Gasteiger partial charge on any atom is -0.466 e. The SMILES string of the molecule is CCOC(=O)C1CCN(C(=O)COC(=O)c2ccc(S(=O)(=O)C(F)F)cc2)CC1. The van der Waals surface area contributed by atoms with E-state index in [1.165, 1.54) is 4.90 Å². The molecular formula is C18H21F2NO7S. The Hall–Kier alpha value is -2.56. The molecule has 1 heterocycles. The van der Waals surface area contributed by atoms with Gasteiger partial charge in [-0.15, -0.1) is 0 Å². The van der Waals surface area contributed by atoms with Crippen molar-refractivity contribution in [3.63, 3.8) is 0 Å². The number of ether oxygens (including phenoxy) is 2. The number of rotatable bonds is 7. The van der Waals surface area contributed by atoms with E-state index in [2.05, 4.69) is 0 Å². The third kappa shape index (κ3) is 5.72. The van der Waals surface area contributed by atoms with E-state index >= 15 is 0 Å². The molecule has 0 aliphatic carbocycles. The van der Waals surface area contributed by atoms with E-state index < -0.39 is 39.0 Å². The summed E-state index contributed by atoms with van der Waals surface area (Å²) in [7, 11) is -4.75. The molecule has 11 heteroatoms. The Labute approximate surface area is 166 Å². The second-order valence-corrected chi connectivity index (χ2v) is 8.23. The third-order valence-corrected chi connectivity index (χ3v) is 5.85. The van der Waals surface area contributed by atoms with Crippen LogP contribution in [0.3, 0.4) is 0 Å². The molecule has 0 aromatic heterocycles. The molecule has 0 bridgehead atoms. The van der Waals surface area contributed by atoms with Crippen molar-refractivity contribution in [2.45, 2.75) is 30.4 Å². The van der Waals surface area contributed by atoms with Crippen molar-refractivity contribution in [1.29, 1.82) is 0 Å². The van der Waals surface area contributed by atoms with Crippen LogP contribution in [-0.4, -0.2) is 63.2 Å². The lowest BCUT2D eigenvalue weighted by atomic mass is 9.97. The average molecular weight is 433 g/mol. The number of benzene rings is 1. The maximum Gasteiger partial charge on any atom is 0.341 e. The molecule has 8 nitrogen and oxygen atoms in total. The van der Waals surface area contributed by atoms with Gasteiger partial charge in [-0.1, -0.05) is 0 Å². The summed E-state index contributed by atoms with van der Waals surface area (Å²) >= 11 is 0. The molecule has 2 rings (SSSR count). The fourth-order valence-corrected chi connectivity index (χ4v) is 3.53. The summed E-state index contributed by atoms with van der Waals surface area (Å²) in [5, 5.41) is 0. The van der Waals surface area contributed by atoms with E-state index in [0.717, 1.165) is 24.3 Å². The molecule has 1 aromatic carbocycles. The summed E-state index contributed by atoms with van der Waals surface area (Å²) in [6.45, 7) is 2.15. The van der Waals surface area contributed by atoms with Gasteiger partial charge in [0, 0.05) is 13.1 Å². The standard InChI is InChI=1S/C18H21F2NO7S/c1-2-27-16(23)13-7-9-21(10-8-13)15(22)11-28-17(24)12-3-5-14(6-4-12)29(25,26)18(19)20/h3-6,13,18H,2,7-11H2,1H3. The summed E-state index contributed by atoms with van der Waals surface area (Å²) in [6, 6.07) is 3.82. The van der Waals surface area contributed by atoms with Gasteiger partial charge in [-0.3, -0.25) is 9.59 Å². The van der Waals surface area contributed by atoms with Crippen molar-refractivity contribution in [2.75, 3.05) is 26.3 Å². The van der Waals surface area contributed by atoms with Gasteiger partial charge in [-0.05, 0) is 44.0 Å². The van der Waals surface area contributed by atoms with E-state index in [1.807, 2.05) is 0 Å². The van der Waals surface area contributed by atoms with Crippen LogP contribution in [0.5, 0.6) is 0 Å². The Kier molecular flexibility index (Phi) is 7.66. The smallest absolute Gasteiger partial charge is 0.341 e. The number of halogens is 2. The van der Waals surface area contributed by atoms with Crippen LogP contribution in [0.4, 0.5) is 8.78 Å². The number of carbonyl (C=O) groups excluding carboxylic acids is 3. The number of hydrogen-bond acceptors (Lipinski definition) is 7. The number of likely N-dealkylation sites (tertiary alicyclic amines) is 1. The van der Waals surface area contributed by atoms with Crippen molar-refractivity contribution < 1.29 is 41.1 Å². The Balaban J connectivity index is 1.85. The Morgan fingerprint density at radius 1 is 1.10 bits per heavy atom. The van der Waals surface area contributed by atoms with Crippen molar-refractivity contribution in [3.8, 4) is 0 Å². The van der Waals surface area contributed by atoms with Crippen LogP contribution < -0.4 is 0 Å². The summed E-state index contributed by atoms with van der Waals surface area (Å²) in [4.78, 5) is 36.7. The molecule has 1 aliphatic heterocycles. The molecule has 0 saturated carbocycles. The maximum atomic E-state index is 12.5. The first-order valence-corrected chi connectivity index (χ1v) is 10.4. The molecule has 29 heavy (non-hydrogen) atoms. The lowest BCUT2D eigenvalue weighted by Gasteiger charge is -2.30. The van der Waals surface area contributed by atoms with Crippen molar-refractivity contribution in [2.24, 2.45) is 5.92 Å². The Morgan fingerprint density at radius 3 is 2.21 bits per heavy atom. The van der Waals surface area contributed by atoms with Gasteiger partial charge >= 0.3 is 17.7 Å². The fourth-order valence-electron chi connectivity index (χ4n) is 2.81. The van der Waals surface area contributed by atoms with Crippen LogP contribution in [-0.2, 0) is 28.9 Å².